The van der Waals surface area contributed by atoms with Crippen molar-refractivity contribution in [1.29, 1.82) is 0 Å². The zero-order valence-electron chi connectivity index (χ0n) is 11.1. The molecule has 0 bridgehead atoms. The molecular weight excluding hydrogens is 228 g/mol. The Hall–Kier alpha value is -1.56. The number of fused-ring (bicyclic) bond motifs is 1. The zero-order valence-corrected chi connectivity index (χ0v) is 11.1. The lowest BCUT2D eigenvalue weighted by molar-refractivity contribution is 0.145. The van der Waals surface area contributed by atoms with Crippen molar-refractivity contribution in [2.75, 3.05) is 0 Å². The van der Waals surface area contributed by atoms with Crippen LogP contribution in [-0.4, -0.2) is 0 Å². The Morgan fingerprint density at radius 1 is 0.789 bits per heavy atom. The second kappa shape index (κ2) is 3.30. The van der Waals surface area contributed by atoms with Gasteiger partial charge in [0.05, 0.1) is 0 Å². The molecule has 5 aliphatic rings. The maximum Gasteiger partial charge on any atom is 0.0155 e. The van der Waals surface area contributed by atoms with Crippen LogP contribution in [0.2, 0.25) is 0 Å². The van der Waals surface area contributed by atoms with Gasteiger partial charge in [-0.1, -0.05) is 48.6 Å². The van der Waals surface area contributed by atoms with Crippen LogP contribution in [0.4, 0.5) is 0 Å². The lowest BCUT2D eigenvalue weighted by Crippen LogP contribution is -2.38. The molecule has 2 unspecified atom stereocenters. The summed E-state index contributed by atoms with van der Waals surface area (Å²) in [5.41, 5.74) is 6.94. The van der Waals surface area contributed by atoms with Crippen LogP contribution in [0.25, 0.3) is 0 Å². The van der Waals surface area contributed by atoms with Gasteiger partial charge >= 0.3 is 0 Å². The van der Waals surface area contributed by atoms with Gasteiger partial charge in [-0.05, 0) is 53.4 Å². The Morgan fingerprint density at radius 3 is 1.84 bits per heavy atom. The predicted molar refractivity (Wildman–Crippen MR) is 78.5 cm³/mol. The summed E-state index contributed by atoms with van der Waals surface area (Å²) in [4.78, 5) is 0. The summed E-state index contributed by atoms with van der Waals surface area (Å²) in [5.74, 6) is 1.37. The van der Waals surface area contributed by atoms with Crippen LogP contribution in [0.5, 0.6) is 0 Å². The van der Waals surface area contributed by atoms with Crippen LogP contribution in [0.1, 0.15) is 25.7 Å². The van der Waals surface area contributed by atoms with E-state index in [0.29, 0.717) is 17.3 Å². The predicted octanol–water partition coefficient (Wildman–Crippen LogP) is 4.65. The molecule has 0 radical (unpaired) electrons. The van der Waals surface area contributed by atoms with Crippen molar-refractivity contribution in [3.63, 3.8) is 0 Å². The van der Waals surface area contributed by atoms with Crippen molar-refractivity contribution in [2.45, 2.75) is 25.7 Å². The molecule has 0 aliphatic heterocycles. The van der Waals surface area contributed by atoms with Gasteiger partial charge in [-0.25, -0.2) is 0 Å². The lowest BCUT2D eigenvalue weighted by atomic mass is 9.57. The molecule has 1 fully saturated rings. The summed E-state index contributed by atoms with van der Waals surface area (Å²) in [6.07, 6.45) is 24.3. The van der Waals surface area contributed by atoms with Crippen molar-refractivity contribution in [3.05, 3.63) is 70.9 Å². The van der Waals surface area contributed by atoms with Gasteiger partial charge in [0.25, 0.3) is 0 Å². The monoisotopic (exact) mass is 246 g/mol. The number of allylic oxidation sites excluding steroid dienone is 12. The van der Waals surface area contributed by atoms with E-state index in [9.17, 15) is 0 Å². The molecule has 0 saturated heterocycles. The third kappa shape index (κ3) is 1.08. The summed E-state index contributed by atoms with van der Waals surface area (Å²) in [6.45, 7) is 0. The van der Waals surface area contributed by atoms with Gasteiger partial charge in [-0.15, -0.1) is 0 Å². The molecule has 5 aliphatic carbocycles. The van der Waals surface area contributed by atoms with Gasteiger partial charge in [-0.2, -0.15) is 0 Å². The largest absolute Gasteiger partial charge is 0.0807 e. The average Bonchev–Trinajstić information content (AvgIpc) is 2.75. The first-order chi connectivity index (χ1) is 9.40. The van der Waals surface area contributed by atoms with E-state index in [0.717, 1.165) is 0 Å². The molecular formula is C19H18. The standard InChI is InChI=1S/C19H18/c1-5-13-7-3-11-19-12-4-8-14-6-2-10-16(18(14)19)15(9-1)17(13)19/h1-2,5-10,17-18H,3-4,11-12H2. The zero-order chi connectivity index (χ0) is 12.4. The molecule has 0 heteroatoms. The Morgan fingerprint density at radius 2 is 1.32 bits per heavy atom. The third-order valence-electron chi connectivity index (χ3n) is 5.88. The third-order valence-corrected chi connectivity index (χ3v) is 5.88. The minimum absolute atomic E-state index is 0.501. The number of hydrogen-bond acceptors (Lipinski definition) is 0. The molecule has 0 heterocycles. The van der Waals surface area contributed by atoms with Crippen molar-refractivity contribution >= 4 is 0 Å². The number of rotatable bonds is 0. The summed E-state index contributed by atoms with van der Waals surface area (Å²) >= 11 is 0. The maximum absolute atomic E-state index is 2.49. The quantitative estimate of drug-likeness (QED) is 0.583. The van der Waals surface area contributed by atoms with E-state index in [-0.39, 0.29) is 0 Å². The molecule has 0 nitrogen and oxygen atoms in total. The first kappa shape index (κ1) is 10.3. The molecule has 0 aromatic heterocycles. The highest BCUT2D eigenvalue weighted by Gasteiger charge is 2.58. The second-order valence-electron chi connectivity index (χ2n) is 6.55. The van der Waals surface area contributed by atoms with E-state index >= 15 is 0 Å². The first-order valence-corrected chi connectivity index (χ1v) is 7.57. The molecule has 1 spiro atoms. The van der Waals surface area contributed by atoms with Crippen molar-refractivity contribution in [2.24, 2.45) is 17.3 Å². The Labute approximate surface area is 114 Å². The fourth-order valence-electron chi connectivity index (χ4n) is 5.33. The van der Waals surface area contributed by atoms with Gasteiger partial charge in [0, 0.05) is 11.8 Å². The molecule has 0 amide bonds. The molecule has 1 saturated carbocycles. The maximum atomic E-state index is 2.49. The molecule has 0 aromatic carbocycles. The van der Waals surface area contributed by atoms with Crippen LogP contribution in [0, 0.1) is 17.3 Å². The molecule has 0 N–H and O–H groups in total. The van der Waals surface area contributed by atoms with E-state index in [1.165, 1.54) is 25.7 Å². The van der Waals surface area contributed by atoms with E-state index in [1.54, 1.807) is 22.3 Å². The van der Waals surface area contributed by atoms with Crippen LogP contribution >= 0.6 is 0 Å². The molecule has 2 atom stereocenters. The van der Waals surface area contributed by atoms with E-state index in [1.807, 2.05) is 0 Å². The Bertz CT molecular complexity index is 588. The Balaban J connectivity index is 1.84. The number of hydrogen-bond donors (Lipinski definition) is 0. The van der Waals surface area contributed by atoms with Crippen molar-refractivity contribution in [3.8, 4) is 0 Å². The fraction of sp³-hybridized carbons (Fsp3) is 0.368. The van der Waals surface area contributed by atoms with Gasteiger partial charge < -0.3 is 0 Å². The lowest BCUT2D eigenvalue weighted by Gasteiger charge is -2.46. The van der Waals surface area contributed by atoms with Crippen LogP contribution < -0.4 is 0 Å². The van der Waals surface area contributed by atoms with E-state index in [2.05, 4.69) is 48.6 Å². The highest BCUT2D eigenvalue weighted by molar-refractivity contribution is 5.62. The minimum Gasteiger partial charge on any atom is -0.0807 e. The summed E-state index contributed by atoms with van der Waals surface area (Å²) in [5, 5.41) is 0. The van der Waals surface area contributed by atoms with Crippen molar-refractivity contribution < 1.29 is 0 Å². The molecule has 5 rings (SSSR count). The molecule has 94 valence electrons. The molecule has 0 aromatic rings. The van der Waals surface area contributed by atoms with Gasteiger partial charge in [0.1, 0.15) is 0 Å². The normalized spacial score (nSPS) is 40.8. The molecule has 19 heavy (non-hydrogen) atoms. The highest BCUT2D eigenvalue weighted by Crippen LogP contribution is 2.67. The summed E-state index contributed by atoms with van der Waals surface area (Å²) < 4.78 is 0. The smallest absolute Gasteiger partial charge is 0.0155 e. The van der Waals surface area contributed by atoms with Crippen molar-refractivity contribution in [1.82, 2.24) is 0 Å². The topological polar surface area (TPSA) is 0 Å². The Kier molecular flexibility index (Phi) is 1.78. The highest BCUT2D eigenvalue weighted by atomic mass is 14.6. The van der Waals surface area contributed by atoms with Gasteiger partial charge in [-0.3, -0.25) is 0 Å². The van der Waals surface area contributed by atoms with Gasteiger partial charge in [0.15, 0.2) is 0 Å². The summed E-state index contributed by atoms with van der Waals surface area (Å²) in [6, 6.07) is 0. The van der Waals surface area contributed by atoms with E-state index < -0.39 is 0 Å². The average molecular weight is 246 g/mol. The van der Waals surface area contributed by atoms with Gasteiger partial charge in [0.2, 0.25) is 0 Å². The SMILES string of the molecule is C1=CC2=CCCC34CCC=C5C=CC=C(C(=C1)C23)C54. The van der Waals surface area contributed by atoms with E-state index in [4.69, 9.17) is 0 Å². The summed E-state index contributed by atoms with van der Waals surface area (Å²) in [7, 11) is 0. The van der Waals surface area contributed by atoms with Crippen LogP contribution in [-0.2, 0) is 0 Å². The first-order valence-electron chi connectivity index (χ1n) is 7.57. The minimum atomic E-state index is 0.501. The van der Waals surface area contributed by atoms with Crippen LogP contribution in [0.15, 0.2) is 70.9 Å². The second-order valence-corrected chi connectivity index (χ2v) is 6.55. The fourth-order valence-corrected chi connectivity index (χ4v) is 5.33. The van der Waals surface area contributed by atoms with Crippen LogP contribution in [0.3, 0.4) is 0 Å².